The SMILES string of the molecule is Cc1cc(-c2ncccc2-c2ccc3c(c2)C(=NCCCN(C)C)CC(C)C=N3)ccc1F. The minimum Gasteiger partial charge on any atom is -0.309 e. The Morgan fingerprint density at radius 3 is 2.67 bits per heavy atom. The van der Waals surface area contributed by atoms with Gasteiger partial charge in [0.25, 0.3) is 0 Å². The molecule has 3 aromatic rings. The molecule has 0 spiro atoms. The lowest BCUT2D eigenvalue weighted by molar-refractivity contribution is 0.403. The second kappa shape index (κ2) is 10.2. The molecular weight excluding hydrogens is 411 g/mol. The predicted octanol–water partition coefficient (Wildman–Crippen LogP) is 6.35. The number of aryl methyl sites for hydroxylation is 1. The van der Waals surface area contributed by atoms with Crippen molar-refractivity contribution >= 4 is 17.6 Å². The van der Waals surface area contributed by atoms with Crippen LogP contribution in [0, 0.1) is 18.7 Å². The lowest BCUT2D eigenvalue weighted by atomic mass is 9.94. The van der Waals surface area contributed by atoms with Gasteiger partial charge in [0.1, 0.15) is 5.82 Å². The van der Waals surface area contributed by atoms with Crippen LogP contribution in [-0.4, -0.2) is 49.0 Å². The summed E-state index contributed by atoms with van der Waals surface area (Å²) in [6, 6.07) is 15.5. The smallest absolute Gasteiger partial charge is 0.126 e. The van der Waals surface area contributed by atoms with Gasteiger partial charge in [0.2, 0.25) is 0 Å². The minimum absolute atomic E-state index is 0.205. The van der Waals surface area contributed by atoms with Gasteiger partial charge in [-0.3, -0.25) is 15.0 Å². The van der Waals surface area contributed by atoms with E-state index in [2.05, 4.69) is 55.2 Å². The molecule has 1 aliphatic rings. The van der Waals surface area contributed by atoms with E-state index >= 15 is 0 Å². The van der Waals surface area contributed by atoms with Crippen molar-refractivity contribution in [2.45, 2.75) is 26.7 Å². The van der Waals surface area contributed by atoms with Gasteiger partial charge >= 0.3 is 0 Å². The normalized spacial score (nSPS) is 16.8. The maximum atomic E-state index is 13.9. The molecular formula is C28H31FN4. The van der Waals surface area contributed by atoms with Crippen LogP contribution in [0.3, 0.4) is 0 Å². The average Bonchev–Trinajstić information content (AvgIpc) is 2.96. The first-order valence-electron chi connectivity index (χ1n) is 11.5. The highest BCUT2D eigenvalue weighted by Gasteiger charge is 2.18. The zero-order chi connectivity index (χ0) is 23.4. The zero-order valence-electron chi connectivity index (χ0n) is 19.8. The van der Waals surface area contributed by atoms with Crippen molar-refractivity contribution in [2.24, 2.45) is 15.9 Å². The van der Waals surface area contributed by atoms with E-state index in [1.807, 2.05) is 18.3 Å². The highest BCUT2D eigenvalue weighted by Crippen LogP contribution is 2.35. The van der Waals surface area contributed by atoms with Crippen LogP contribution in [0.2, 0.25) is 0 Å². The summed E-state index contributed by atoms with van der Waals surface area (Å²) in [6.45, 7) is 5.78. The van der Waals surface area contributed by atoms with Crippen molar-refractivity contribution in [3.05, 3.63) is 71.7 Å². The fourth-order valence-electron chi connectivity index (χ4n) is 4.13. The summed E-state index contributed by atoms with van der Waals surface area (Å²) in [4.78, 5) is 16.6. The zero-order valence-corrected chi connectivity index (χ0v) is 19.8. The number of aliphatic imine (C=N–C) groups is 2. The number of fused-ring (bicyclic) bond motifs is 1. The molecule has 0 N–H and O–H groups in total. The van der Waals surface area contributed by atoms with Crippen LogP contribution < -0.4 is 0 Å². The van der Waals surface area contributed by atoms with Crippen molar-refractivity contribution in [2.75, 3.05) is 27.2 Å². The van der Waals surface area contributed by atoms with Crippen molar-refractivity contribution in [3.8, 4) is 22.4 Å². The highest BCUT2D eigenvalue weighted by molar-refractivity contribution is 6.08. The first kappa shape index (κ1) is 23.0. The van der Waals surface area contributed by atoms with E-state index in [0.717, 1.165) is 65.3 Å². The number of hydrogen-bond acceptors (Lipinski definition) is 4. The third-order valence-electron chi connectivity index (χ3n) is 5.91. The van der Waals surface area contributed by atoms with E-state index in [4.69, 9.17) is 9.98 Å². The summed E-state index contributed by atoms with van der Waals surface area (Å²) in [7, 11) is 4.18. The number of halogens is 1. The Hall–Kier alpha value is -3.18. The molecule has 0 amide bonds. The Balaban J connectivity index is 1.75. The van der Waals surface area contributed by atoms with Crippen LogP contribution in [0.5, 0.6) is 0 Å². The molecule has 0 radical (unpaired) electrons. The van der Waals surface area contributed by atoms with Gasteiger partial charge in [-0.05, 0) is 93.8 Å². The molecule has 4 nitrogen and oxygen atoms in total. The summed E-state index contributed by atoms with van der Waals surface area (Å²) in [5.41, 5.74) is 7.59. The van der Waals surface area contributed by atoms with Crippen LogP contribution in [0.25, 0.3) is 22.4 Å². The number of hydrogen-bond donors (Lipinski definition) is 0. The molecule has 5 heteroatoms. The standard InChI is InChI=1S/C28H31FN4/c1-19-15-27(30-13-6-14-33(3)4)24-17-21(9-11-26(24)32-18-19)23-7-5-12-31-28(23)22-8-10-25(29)20(2)16-22/h5,7-12,16-19H,6,13-15H2,1-4H3. The lowest BCUT2D eigenvalue weighted by Gasteiger charge is -2.14. The van der Waals surface area contributed by atoms with Gasteiger partial charge in [-0.1, -0.05) is 19.1 Å². The molecule has 0 bridgehead atoms. The van der Waals surface area contributed by atoms with Crippen molar-refractivity contribution in [1.29, 1.82) is 0 Å². The van der Waals surface area contributed by atoms with Gasteiger partial charge in [-0.25, -0.2) is 4.39 Å². The van der Waals surface area contributed by atoms with E-state index in [9.17, 15) is 4.39 Å². The molecule has 0 saturated carbocycles. The van der Waals surface area contributed by atoms with Gasteiger partial charge in [0, 0.05) is 41.4 Å². The van der Waals surface area contributed by atoms with Crippen LogP contribution >= 0.6 is 0 Å². The molecule has 1 aliphatic heterocycles. The average molecular weight is 443 g/mol. The van der Waals surface area contributed by atoms with Gasteiger partial charge in [0.05, 0.1) is 11.4 Å². The molecule has 0 saturated heterocycles. The van der Waals surface area contributed by atoms with Crippen LogP contribution in [0.4, 0.5) is 10.1 Å². The fourth-order valence-corrected chi connectivity index (χ4v) is 4.13. The largest absolute Gasteiger partial charge is 0.309 e. The first-order chi connectivity index (χ1) is 15.9. The maximum absolute atomic E-state index is 13.9. The summed E-state index contributed by atoms with van der Waals surface area (Å²) < 4.78 is 13.9. The number of nitrogens with zero attached hydrogens (tertiary/aromatic N) is 4. The second-order valence-electron chi connectivity index (χ2n) is 9.04. The highest BCUT2D eigenvalue weighted by atomic mass is 19.1. The molecule has 1 aromatic heterocycles. The molecule has 4 rings (SSSR count). The van der Waals surface area contributed by atoms with Gasteiger partial charge in [-0.15, -0.1) is 0 Å². The third-order valence-corrected chi connectivity index (χ3v) is 5.91. The molecule has 33 heavy (non-hydrogen) atoms. The van der Waals surface area contributed by atoms with E-state index in [1.54, 1.807) is 19.2 Å². The Kier molecular flexibility index (Phi) is 7.09. The first-order valence-corrected chi connectivity index (χ1v) is 11.5. The van der Waals surface area contributed by atoms with Crippen molar-refractivity contribution in [1.82, 2.24) is 9.88 Å². The molecule has 1 atom stereocenters. The van der Waals surface area contributed by atoms with Crippen LogP contribution in [0.1, 0.15) is 30.9 Å². The van der Waals surface area contributed by atoms with E-state index in [0.29, 0.717) is 11.5 Å². The monoisotopic (exact) mass is 442 g/mol. The predicted molar refractivity (Wildman–Crippen MR) is 136 cm³/mol. The quantitative estimate of drug-likeness (QED) is 0.418. The van der Waals surface area contributed by atoms with E-state index in [1.165, 1.54) is 6.07 Å². The number of rotatable bonds is 6. The van der Waals surface area contributed by atoms with E-state index in [-0.39, 0.29) is 5.82 Å². The van der Waals surface area contributed by atoms with E-state index < -0.39 is 0 Å². The molecule has 1 unspecified atom stereocenters. The summed E-state index contributed by atoms with van der Waals surface area (Å²) in [5, 5.41) is 0. The van der Waals surface area contributed by atoms with Gasteiger partial charge in [-0.2, -0.15) is 0 Å². The van der Waals surface area contributed by atoms with Gasteiger partial charge in [0.15, 0.2) is 0 Å². The van der Waals surface area contributed by atoms with Crippen molar-refractivity contribution in [3.63, 3.8) is 0 Å². The Labute approximate surface area is 195 Å². The molecule has 2 heterocycles. The Morgan fingerprint density at radius 2 is 1.88 bits per heavy atom. The minimum atomic E-state index is -0.205. The lowest BCUT2D eigenvalue weighted by Crippen LogP contribution is -2.14. The molecule has 2 aromatic carbocycles. The van der Waals surface area contributed by atoms with Crippen LogP contribution in [-0.2, 0) is 0 Å². The molecule has 0 fully saturated rings. The maximum Gasteiger partial charge on any atom is 0.126 e. The number of pyridine rings is 1. The molecule has 170 valence electrons. The van der Waals surface area contributed by atoms with Crippen molar-refractivity contribution < 1.29 is 4.39 Å². The summed E-state index contributed by atoms with van der Waals surface area (Å²) in [5.74, 6) is 0.132. The molecule has 0 aliphatic carbocycles. The number of aromatic nitrogens is 1. The fraction of sp³-hybridized carbons (Fsp3) is 0.321. The Morgan fingerprint density at radius 1 is 1.06 bits per heavy atom. The second-order valence-corrected chi connectivity index (χ2v) is 9.04. The Bertz CT molecular complexity index is 1200. The van der Waals surface area contributed by atoms with Crippen LogP contribution in [0.15, 0.2) is 64.7 Å². The topological polar surface area (TPSA) is 40.9 Å². The summed E-state index contributed by atoms with van der Waals surface area (Å²) in [6.07, 6.45) is 5.71. The van der Waals surface area contributed by atoms with Gasteiger partial charge < -0.3 is 4.90 Å². The number of benzene rings is 2. The summed E-state index contributed by atoms with van der Waals surface area (Å²) >= 11 is 0. The third kappa shape index (κ3) is 5.42.